The van der Waals surface area contributed by atoms with E-state index in [0.717, 1.165) is 24.9 Å². The highest BCUT2D eigenvalue weighted by molar-refractivity contribution is 6.01. The van der Waals surface area contributed by atoms with Gasteiger partial charge in [-0.2, -0.15) is 0 Å². The molecule has 3 rings (SSSR count). The first-order chi connectivity index (χ1) is 13.5. The topological polar surface area (TPSA) is 108 Å². The average molecular weight is 387 g/mol. The Morgan fingerprint density at radius 2 is 2.11 bits per heavy atom. The van der Waals surface area contributed by atoms with Gasteiger partial charge in [0.1, 0.15) is 0 Å². The van der Waals surface area contributed by atoms with Gasteiger partial charge in [-0.1, -0.05) is 0 Å². The van der Waals surface area contributed by atoms with Crippen LogP contribution >= 0.6 is 0 Å². The Kier molecular flexibility index (Phi) is 6.51. The van der Waals surface area contributed by atoms with Gasteiger partial charge in [0.2, 0.25) is 11.8 Å². The first kappa shape index (κ1) is 20.1. The fourth-order valence-electron chi connectivity index (χ4n) is 3.80. The third-order valence-electron chi connectivity index (χ3n) is 5.40. The minimum absolute atomic E-state index is 0.0287. The molecule has 4 N–H and O–H groups in total. The van der Waals surface area contributed by atoms with E-state index in [1.807, 2.05) is 29.0 Å². The normalized spacial score (nSPS) is 19.5. The van der Waals surface area contributed by atoms with Crippen molar-refractivity contribution in [3.8, 4) is 0 Å². The van der Waals surface area contributed by atoms with Crippen LogP contribution in [0.2, 0.25) is 0 Å². The van der Waals surface area contributed by atoms with Gasteiger partial charge >= 0.3 is 0 Å². The summed E-state index contributed by atoms with van der Waals surface area (Å²) in [6.07, 6.45) is 3.55. The molecule has 0 radical (unpaired) electrons. The molecular formula is C20H29N5O3. The average Bonchev–Trinajstić information content (AvgIpc) is 2.84. The van der Waals surface area contributed by atoms with Crippen molar-refractivity contribution in [1.29, 1.82) is 0 Å². The Hall–Kier alpha value is -2.61. The minimum atomic E-state index is -0.0868. The van der Waals surface area contributed by atoms with Crippen molar-refractivity contribution in [1.82, 2.24) is 10.2 Å². The maximum absolute atomic E-state index is 13.2. The summed E-state index contributed by atoms with van der Waals surface area (Å²) in [5.74, 6) is -0.202. The van der Waals surface area contributed by atoms with E-state index in [2.05, 4.69) is 10.6 Å². The lowest BCUT2D eigenvalue weighted by Gasteiger charge is -2.36. The van der Waals surface area contributed by atoms with E-state index in [9.17, 15) is 14.4 Å². The second-order valence-electron chi connectivity index (χ2n) is 7.44. The molecule has 152 valence electrons. The highest BCUT2D eigenvalue weighted by Crippen LogP contribution is 2.30. The number of nitrogens with zero attached hydrogens (tertiary/aromatic N) is 2. The molecule has 1 unspecified atom stereocenters. The highest BCUT2D eigenvalue weighted by Gasteiger charge is 2.28. The van der Waals surface area contributed by atoms with Crippen LogP contribution in [0.4, 0.5) is 11.4 Å². The number of likely N-dealkylation sites (tertiary alicyclic amines) is 1. The smallest absolute Gasteiger partial charge is 0.254 e. The fraction of sp³-hybridized carbons (Fsp3) is 0.550. The van der Waals surface area contributed by atoms with E-state index >= 15 is 0 Å². The number of hydrogen-bond donors (Lipinski definition) is 3. The molecule has 28 heavy (non-hydrogen) atoms. The zero-order valence-electron chi connectivity index (χ0n) is 16.4. The molecule has 0 aliphatic carbocycles. The molecule has 3 amide bonds. The van der Waals surface area contributed by atoms with E-state index in [0.29, 0.717) is 50.3 Å². The van der Waals surface area contributed by atoms with Gasteiger partial charge in [-0.25, -0.2) is 0 Å². The third kappa shape index (κ3) is 4.62. The van der Waals surface area contributed by atoms with E-state index in [-0.39, 0.29) is 23.8 Å². The lowest BCUT2D eigenvalue weighted by molar-refractivity contribution is -0.121. The largest absolute Gasteiger partial charge is 0.372 e. The molecule has 1 fully saturated rings. The summed E-state index contributed by atoms with van der Waals surface area (Å²) in [6.45, 7) is 2.06. The Balaban J connectivity index is 1.76. The summed E-state index contributed by atoms with van der Waals surface area (Å²) < 4.78 is 0. The van der Waals surface area contributed by atoms with Gasteiger partial charge in [0.15, 0.2) is 0 Å². The number of carbonyl (C=O) groups is 3. The van der Waals surface area contributed by atoms with Gasteiger partial charge in [0.05, 0.1) is 11.4 Å². The minimum Gasteiger partial charge on any atom is -0.372 e. The van der Waals surface area contributed by atoms with E-state index in [1.54, 1.807) is 6.07 Å². The maximum Gasteiger partial charge on any atom is 0.254 e. The SMILES string of the molecule is CN1CCC(=O)Nc2cc(C(=O)N3CCCCC3CNC(=O)CCN)ccc21. The lowest BCUT2D eigenvalue weighted by atomic mass is 10.00. The van der Waals surface area contributed by atoms with Crippen LogP contribution in [-0.4, -0.2) is 61.9 Å². The molecule has 0 bridgehead atoms. The number of benzene rings is 1. The summed E-state index contributed by atoms with van der Waals surface area (Å²) in [5, 5.41) is 5.78. The number of hydrogen-bond acceptors (Lipinski definition) is 5. The van der Waals surface area contributed by atoms with Crippen LogP contribution in [0.1, 0.15) is 42.5 Å². The van der Waals surface area contributed by atoms with E-state index < -0.39 is 0 Å². The van der Waals surface area contributed by atoms with Crippen molar-refractivity contribution in [2.75, 3.05) is 43.4 Å². The Bertz CT molecular complexity index is 751. The lowest BCUT2D eigenvalue weighted by Crippen LogP contribution is -2.49. The summed E-state index contributed by atoms with van der Waals surface area (Å²) in [6, 6.07) is 5.43. The highest BCUT2D eigenvalue weighted by atomic mass is 16.2. The summed E-state index contributed by atoms with van der Waals surface area (Å²) >= 11 is 0. The van der Waals surface area contributed by atoms with Crippen LogP contribution in [-0.2, 0) is 9.59 Å². The monoisotopic (exact) mass is 387 g/mol. The number of nitrogens with two attached hydrogens (primary N) is 1. The maximum atomic E-state index is 13.2. The second-order valence-corrected chi connectivity index (χ2v) is 7.44. The summed E-state index contributed by atoms with van der Waals surface area (Å²) in [7, 11) is 1.94. The van der Waals surface area contributed by atoms with Gasteiger partial charge in [0, 0.05) is 57.7 Å². The molecule has 8 nitrogen and oxygen atoms in total. The summed E-state index contributed by atoms with van der Waals surface area (Å²) in [4.78, 5) is 40.7. The van der Waals surface area contributed by atoms with Crippen LogP contribution < -0.4 is 21.3 Å². The number of anilines is 2. The van der Waals surface area contributed by atoms with Crippen molar-refractivity contribution in [2.24, 2.45) is 5.73 Å². The Morgan fingerprint density at radius 1 is 1.29 bits per heavy atom. The van der Waals surface area contributed by atoms with Crippen molar-refractivity contribution < 1.29 is 14.4 Å². The third-order valence-corrected chi connectivity index (χ3v) is 5.40. The molecule has 0 spiro atoms. The number of nitrogens with one attached hydrogen (secondary N) is 2. The number of carbonyl (C=O) groups excluding carboxylic acids is 3. The van der Waals surface area contributed by atoms with Crippen LogP contribution in [0.3, 0.4) is 0 Å². The van der Waals surface area contributed by atoms with Crippen LogP contribution in [0.5, 0.6) is 0 Å². The molecule has 1 atom stereocenters. The molecule has 2 aliphatic heterocycles. The van der Waals surface area contributed by atoms with Crippen LogP contribution in [0.25, 0.3) is 0 Å². The molecule has 2 heterocycles. The standard InChI is InChI=1S/C20H29N5O3/c1-24-11-8-19(27)23-16-12-14(5-6-17(16)24)20(28)25-10-3-2-4-15(25)13-22-18(26)7-9-21/h5-6,12,15H,2-4,7-11,13,21H2,1H3,(H,22,26)(H,23,27). The quantitative estimate of drug-likeness (QED) is 0.696. The van der Waals surface area contributed by atoms with Crippen molar-refractivity contribution in [3.05, 3.63) is 23.8 Å². The first-order valence-corrected chi connectivity index (χ1v) is 9.92. The van der Waals surface area contributed by atoms with Gasteiger partial charge in [-0.15, -0.1) is 0 Å². The first-order valence-electron chi connectivity index (χ1n) is 9.92. The Labute approximate surface area is 165 Å². The van der Waals surface area contributed by atoms with Gasteiger partial charge < -0.3 is 26.2 Å². The number of amides is 3. The predicted molar refractivity (Wildman–Crippen MR) is 108 cm³/mol. The fourth-order valence-corrected chi connectivity index (χ4v) is 3.80. The molecule has 1 aromatic rings. The predicted octanol–water partition coefficient (Wildman–Crippen LogP) is 0.925. The van der Waals surface area contributed by atoms with Crippen LogP contribution in [0, 0.1) is 0 Å². The molecule has 0 aromatic heterocycles. The number of fused-ring (bicyclic) bond motifs is 1. The molecule has 1 aromatic carbocycles. The zero-order valence-corrected chi connectivity index (χ0v) is 16.4. The van der Waals surface area contributed by atoms with Crippen molar-refractivity contribution in [2.45, 2.75) is 38.1 Å². The summed E-state index contributed by atoms with van der Waals surface area (Å²) in [5.41, 5.74) is 7.54. The van der Waals surface area contributed by atoms with E-state index in [4.69, 9.17) is 5.73 Å². The van der Waals surface area contributed by atoms with Crippen LogP contribution in [0.15, 0.2) is 18.2 Å². The van der Waals surface area contributed by atoms with Gasteiger partial charge in [-0.3, -0.25) is 14.4 Å². The molecular weight excluding hydrogens is 358 g/mol. The molecule has 2 aliphatic rings. The second kappa shape index (κ2) is 9.05. The van der Waals surface area contributed by atoms with Crippen molar-refractivity contribution >= 4 is 29.1 Å². The molecule has 8 heteroatoms. The number of rotatable bonds is 5. The number of piperidine rings is 1. The Morgan fingerprint density at radius 3 is 2.89 bits per heavy atom. The van der Waals surface area contributed by atoms with E-state index in [1.165, 1.54) is 0 Å². The molecule has 1 saturated heterocycles. The molecule has 0 saturated carbocycles. The van der Waals surface area contributed by atoms with Gasteiger partial charge in [0.25, 0.3) is 5.91 Å². The van der Waals surface area contributed by atoms with Crippen molar-refractivity contribution in [3.63, 3.8) is 0 Å². The zero-order chi connectivity index (χ0) is 20.1. The van der Waals surface area contributed by atoms with Gasteiger partial charge in [-0.05, 0) is 37.5 Å².